The van der Waals surface area contributed by atoms with Gasteiger partial charge in [0.25, 0.3) is 0 Å². The van der Waals surface area contributed by atoms with E-state index >= 15 is 0 Å². The van der Waals surface area contributed by atoms with Crippen LogP contribution < -0.4 is 0 Å². The van der Waals surface area contributed by atoms with Crippen LogP contribution in [0, 0.1) is 6.92 Å². The van der Waals surface area contributed by atoms with E-state index in [2.05, 4.69) is 34.8 Å². The van der Waals surface area contributed by atoms with Gasteiger partial charge in [0.15, 0.2) is 5.89 Å². The Kier molecular flexibility index (Phi) is 5.11. The van der Waals surface area contributed by atoms with E-state index in [1.165, 1.54) is 18.2 Å². The van der Waals surface area contributed by atoms with Gasteiger partial charge in [0.2, 0.25) is 5.76 Å². The molecule has 0 N–H and O–H groups in total. The van der Waals surface area contributed by atoms with Gasteiger partial charge in [-0.15, -0.1) is 0 Å². The molecule has 0 amide bonds. The molecule has 5 nitrogen and oxygen atoms in total. The Hall–Kier alpha value is -2.14. The first-order chi connectivity index (χ1) is 10.1. The molecule has 1 aromatic carbocycles. The second-order valence-corrected chi connectivity index (χ2v) is 4.80. The highest BCUT2D eigenvalue weighted by molar-refractivity contribution is 5.87. The number of nitrogens with zero attached hydrogens (tertiary/aromatic N) is 1. The number of hydrogen-bond donors (Lipinski definition) is 0. The van der Waals surface area contributed by atoms with Crippen LogP contribution in [-0.2, 0) is 28.9 Å². The molecule has 0 radical (unpaired) electrons. The molecule has 0 atom stereocenters. The molecular formula is C16H19NO4. The Bertz CT molecular complexity index is 618. The minimum atomic E-state index is -0.531. The van der Waals surface area contributed by atoms with Gasteiger partial charge >= 0.3 is 5.97 Å². The van der Waals surface area contributed by atoms with Gasteiger partial charge in [-0.1, -0.05) is 29.8 Å². The lowest BCUT2D eigenvalue weighted by molar-refractivity contribution is 0.0556. The average Bonchev–Trinajstić information content (AvgIpc) is 2.88. The van der Waals surface area contributed by atoms with E-state index in [9.17, 15) is 4.79 Å². The van der Waals surface area contributed by atoms with Crippen LogP contribution in [0.3, 0.4) is 0 Å². The van der Waals surface area contributed by atoms with Gasteiger partial charge in [0.1, 0.15) is 5.69 Å². The summed E-state index contributed by atoms with van der Waals surface area (Å²) in [6.45, 7) is 2.28. The molecule has 0 spiro atoms. The van der Waals surface area contributed by atoms with Gasteiger partial charge in [-0.05, 0) is 18.9 Å². The standard InChI is InChI=1S/C16H19NO4/c1-11-5-4-6-12(9-11)7-8-14-17-13(10-19-2)15(21-14)16(18)20-3/h4-6,9H,7-8,10H2,1-3H3. The zero-order valence-electron chi connectivity index (χ0n) is 12.5. The van der Waals surface area contributed by atoms with Crippen molar-refractivity contribution in [3.05, 3.63) is 52.7 Å². The summed E-state index contributed by atoms with van der Waals surface area (Å²) in [5.41, 5.74) is 2.90. The van der Waals surface area contributed by atoms with Crippen molar-refractivity contribution < 1.29 is 18.7 Å². The van der Waals surface area contributed by atoms with Gasteiger partial charge in [-0.2, -0.15) is 0 Å². The predicted octanol–water partition coefficient (Wildman–Crippen LogP) is 2.70. The monoisotopic (exact) mass is 289 g/mol. The molecule has 0 aliphatic heterocycles. The number of ether oxygens (including phenoxy) is 2. The van der Waals surface area contributed by atoms with Crippen molar-refractivity contribution in [3.63, 3.8) is 0 Å². The Morgan fingerprint density at radius 1 is 1.29 bits per heavy atom. The van der Waals surface area contributed by atoms with E-state index in [0.29, 0.717) is 18.0 Å². The SMILES string of the molecule is COCc1nc(CCc2cccc(C)c2)oc1C(=O)OC. The summed E-state index contributed by atoms with van der Waals surface area (Å²) in [6.07, 6.45) is 1.42. The van der Waals surface area contributed by atoms with Gasteiger partial charge in [-0.3, -0.25) is 0 Å². The van der Waals surface area contributed by atoms with Crippen LogP contribution in [0.5, 0.6) is 0 Å². The Balaban J connectivity index is 2.11. The normalized spacial score (nSPS) is 10.6. The van der Waals surface area contributed by atoms with Crippen molar-refractivity contribution in [1.29, 1.82) is 0 Å². The molecular weight excluding hydrogens is 270 g/mol. The summed E-state index contributed by atoms with van der Waals surface area (Å²) < 4.78 is 15.2. The number of carbonyl (C=O) groups excluding carboxylic acids is 1. The van der Waals surface area contributed by atoms with E-state index in [1.807, 2.05) is 6.07 Å². The van der Waals surface area contributed by atoms with Crippen LogP contribution in [0.2, 0.25) is 0 Å². The third-order valence-corrected chi connectivity index (χ3v) is 3.10. The molecule has 112 valence electrons. The molecule has 0 saturated carbocycles. The summed E-state index contributed by atoms with van der Waals surface area (Å²) in [5, 5.41) is 0. The van der Waals surface area contributed by atoms with Crippen molar-refractivity contribution in [1.82, 2.24) is 4.98 Å². The van der Waals surface area contributed by atoms with E-state index in [-0.39, 0.29) is 12.4 Å². The summed E-state index contributed by atoms with van der Waals surface area (Å²) in [5.74, 6) is 0.110. The third kappa shape index (κ3) is 3.92. The largest absolute Gasteiger partial charge is 0.463 e. The smallest absolute Gasteiger partial charge is 0.376 e. The first-order valence-electron chi connectivity index (χ1n) is 6.75. The Labute approximate surface area is 123 Å². The van der Waals surface area contributed by atoms with Crippen LogP contribution in [0.1, 0.15) is 33.3 Å². The minimum absolute atomic E-state index is 0.124. The fraction of sp³-hybridized carbons (Fsp3) is 0.375. The number of esters is 1. The maximum atomic E-state index is 11.6. The number of carbonyl (C=O) groups is 1. The fourth-order valence-corrected chi connectivity index (χ4v) is 2.11. The lowest BCUT2D eigenvalue weighted by Crippen LogP contribution is -2.04. The summed E-state index contributed by atoms with van der Waals surface area (Å²) in [6, 6.07) is 8.27. The van der Waals surface area contributed by atoms with Crippen molar-refractivity contribution in [2.24, 2.45) is 0 Å². The van der Waals surface area contributed by atoms with Crippen LogP contribution >= 0.6 is 0 Å². The second kappa shape index (κ2) is 7.04. The van der Waals surface area contributed by atoms with Gasteiger partial charge < -0.3 is 13.9 Å². The third-order valence-electron chi connectivity index (χ3n) is 3.10. The maximum Gasteiger partial charge on any atom is 0.376 e. The van der Waals surface area contributed by atoms with Gasteiger partial charge in [0.05, 0.1) is 13.7 Å². The lowest BCUT2D eigenvalue weighted by atomic mass is 10.1. The minimum Gasteiger partial charge on any atom is -0.463 e. The van der Waals surface area contributed by atoms with Crippen LogP contribution in [0.4, 0.5) is 0 Å². The van der Waals surface area contributed by atoms with E-state index in [4.69, 9.17) is 9.15 Å². The van der Waals surface area contributed by atoms with Crippen molar-refractivity contribution in [2.75, 3.05) is 14.2 Å². The molecule has 1 aromatic heterocycles. The summed E-state index contributed by atoms with van der Waals surface area (Å²) in [7, 11) is 2.86. The number of aryl methyl sites for hydroxylation is 3. The molecule has 0 fully saturated rings. The maximum absolute atomic E-state index is 11.6. The zero-order chi connectivity index (χ0) is 15.2. The van der Waals surface area contributed by atoms with Gasteiger partial charge in [-0.25, -0.2) is 9.78 Å². The zero-order valence-corrected chi connectivity index (χ0v) is 12.5. The highest BCUT2D eigenvalue weighted by atomic mass is 16.5. The lowest BCUT2D eigenvalue weighted by Gasteiger charge is -2.00. The molecule has 0 unspecified atom stereocenters. The Morgan fingerprint density at radius 2 is 2.10 bits per heavy atom. The molecule has 0 aliphatic rings. The van der Waals surface area contributed by atoms with Crippen molar-refractivity contribution in [2.45, 2.75) is 26.4 Å². The van der Waals surface area contributed by atoms with E-state index < -0.39 is 5.97 Å². The molecule has 21 heavy (non-hydrogen) atoms. The molecule has 5 heteroatoms. The van der Waals surface area contributed by atoms with E-state index in [0.717, 1.165) is 6.42 Å². The number of methoxy groups -OCH3 is 2. The topological polar surface area (TPSA) is 61.6 Å². The highest BCUT2D eigenvalue weighted by Gasteiger charge is 2.20. The predicted molar refractivity (Wildman–Crippen MR) is 77.1 cm³/mol. The fourth-order valence-electron chi connectivity index (χ4n) is 2.11. The molecule has 0 aliphatic carbocycles. The average molecular weight is 289 g/mol. The number of oxazole rings is 1. The number of rotatable bonds is 6. The molecule has 1 heterocycles. The first kappa shape index (κ1) is 15.3. The first-order valence-corrected chi connectivity index (χ1v) is 6.75. The van der Waals surface area contributed by atoms with E-state index in [1.54, 1.807) is 7.11 Å². The summed E-state index contributed by atoms with van der Waals surface area (Å²) in [4.78, 5) is 15.9. The van der Waals surface area contributed by atoms with Crippen molar-refractivity contribution in [3.8, 4) is 0 Å². The van der Waals surface area contributed by atoms with Crippen LogP contribution in [0.25, 0.3) is 0 Å². The molecule has 2 aromatic rings. The number of aromatic nitrogens is 1. The molecule has 2 rings (SSSR count). The van der Waals surface area contributed by atoms with Crippen LogP contribution in [0.15, 0.2) is 28.7 Å². The Morgan fingerprint density at radius 3 is 2.76 bits per heavy atom. The highest BCUT2D eigenvalue weighted by Crippen LogP contribution is 2.16. The molecule has 0 bridgehead atoms. The van der Waals surface area contributed by atoms with Crippen LogP contribution in [-0.4, -0.2) is 25.2 Å². The van der Waals surface area contributed by atoms with Crippen molar-refractivity contribution >= 4 is 5.97 Å². The molecule has 0 saturated heterocycles. The quantitative estimate of drug-likeness (QED) is 0.765. The number of benzene rings is 1. The van der Waals surface area contributed by atoms with Gasteiger partial charge in [0, 0.05) is 13.5 Å². The second-order valence-electron chi connectivity index (χ2n) is 4.80. The summed E-state index contributed by atoms with van der Waals surface area (Å²) >= 11 is 0. The number of hydrogen-bond acceptors (Lipinski definition) is 5.